The molecule has 0 aromatic heterocycles. The Hall–Kier alpha value is -2.22. The van der Waals surface area contributed by atoms with E-state index < -0.39 is 17.3 Å². The van der Waals surface area contributed by atoms with Crippen molar-refractivity contribution in [1.29, 1.82) is 0 Å². The smallest absolute Gasteiger partial charge is 0.416 e. The lowest BCUT2D eigenvalue weighted by Gasteiger charge is -2.40. The van der Waals surface area contributed by atoms with E-state index in [0.717, 1.165) is 6.07 Å². The predicted molar refractivity (Wildman–Crippen MR) is 93.5 cm³/mol. The molecule has 148 valence electrons. The molecule has 27 heavy (non-hydrogen) atoms. The molecule has 1 fully saturated rings. The van der Waals surface area contributed by atoms with Gasteiger partial charge in [-0.05, 0) is 51.8 Å². The molecule has 0 spiro atoms. The van der Waals surface area contributed by atoms with Gasteiger partial charge in [-0.25, -0.2) is 0 Å². The van der Waals surface area contributed by atoms with Crippen LogP contribution in [0.4, 0.5) is 13.2 Å². The van der Waals surface area contributed by atoms with Crippen LogP contribution in [0.1, 0.15) is 50.3 Å². The minimum Gasteiger partial charge on any atom is -0.481 e. The Labute approximate surface area is 156 Å². The molecule has 2 aliphatic heterocycles. The van der Waals surface area contributed by atoms with Crippen LogP contribution in [0.3, 0.4) is 0 Å². The van der Waals surface area contributed by atoms with Crippen LogP contribution in [-0.2, 0) is 15.8 Å². The van der Waals surface area contributed by atoms with Crippen molar-refractivity contribution in [2.75, 3.05) is 13.2 Å². The van der Waals surface area contributed by atoms with E-state index in [9.17, 15) is 18.0 Å². The van der Waals surface area contributed by atoms with Gasteiger partial charge in [0.2, 0.25) is 5.91 Å². The van der Waals surface area contributed by atoms with Crippen LogP contribution >= 0.6 is 0 Å². The predicted octanol–water partition coefficient (Wildman–Crippen LogP) is 4.02. The number of carbonyl (C=O) groups excluding carboxylic acids is 1. The van der Waals surface area contributed by atoms with E-state index in [1.165, 1.54) is 17.9 Å². The molecule has 0 radical (unpaired) electrons. The number of rotatable bonds is 4. The fourth-order valence-corrected chi connectivity index (χ4v) is 3.58. The van der Waals surface area contributed by atoms with E-state index in [1.807, 2.05) is 0 Å². The lowest BCUT2D eigenvalue weighted by atomic mass is 9.90. The fraction of sp³-hybridized carbons (Fsp3) is 0.526. The molecule has 2 heterocycles. The monoisotopic (exact) mass is 384 g/mol. The molecule has 3 rings (SSSR count). The Kier molecular flexibility index (Phi) is 4.88. The van der Waals surface area contributed by atoms with E-state index in [1.54, 1.807) is 20.8 Å². The molecule has 1 aromatic rings. The Bertz CT molecular complexity index is 800. The summed E-state index contributed by atoms with van der Waals surface area (Å²) in [6, 6.07) is 2.35. The summed E-state index contributed by atoms with van der Waals surface area (Å²) in [6.45, 7) is 7.54. The number of amides is 1. The number of nitrogens with one attached hydrogen (secondary N) is 1. The first-order valence-electron chi connectivity index (χ1n) is 8.91. The molecule has 1 saturated heterocycles. The van der Waals surface area contributed by atoms with Gasteiger partial charge in [0.1, 0.15) is 17.0 Å². The zero-order valence-electron chi connectivity index (χ0n) is 15.8. The van der Waals surface area contributed by atoms with Crippen LogP contribution in [-0.4, -0.2) is 29.6 Å². The van der Waals surface area contributed by atoms with E-state index >= 15 is 0 Å². The van der Waals surface area contributed by atoms with Crippen molar-refractivity contribution >= 4 is 11.6 Å². The number of likely N-dealkylation sites (tertiary alicyclic amines) is 1. The highest BCUT2D eigenvalue weighted by molar-refractivity contribution is 5.92. The van der Waals surface area contributed by atoms with Gasteiger partial charge in [0.05, 0.1) is 17.9 Å². The first-order chi connectivity index (χ1) is 12.6. The fourth-order valence-electron chi connectivity index (χ4n) is 3.58. The number of hydroxylamine groups is 1. The van der Waals surface area contributed by atoms with Crippen LogP contribution in [0.25, 0.3) is 5.70 Å². The van der Waals surface area contributed by atoms with Gasteiger partial charge in [0.25, 0.3) is 0 Å². The summed E-state index contributed by atoms with van der Waals surface area (Å²) in [4.78, 5) is 19.3. The highest BCUT2D eigenvalue weighted by Crippen LogP contribution is 2.47. The van der Waals surface area contributed by atoms with Crippen molar-refractivity contribution in [3.8, 4) is 5.75 Å². The van der Waals surface area contributed by atoms with Crippen LogP contribution in [0.15, 0.2) is 17.8 Å². The Morgan fingerprint density at radius 2 is 2.04 bits per heavy atom. The Balaban J connectivity index is 2.30. The second kappa shape index (κ2) is 6.74. The molecule has 0 bridgehead atoms. The molecular formula is C19H23F3N2O3. The van der Waals surface area contributed by atoms with Gasteiger partial charge in [-0.3, -0.25) is 15.1 Å². The van der Waals surface area contributed by atoms with Crippen molar-refractivity contribution in [2.45, 2.75) is 52.3 Å². The average Bonchev–Trinajstić information content (AvgIpc) is 2.96. The van der Waals surface area contributed by atoms with E-state index in [2.05, 4.69) is 5.48 Å². The minimum atomic E-state index is -4.50. The largest absolute Gasteiger partial charge is 0.481 e. The average molecular weight is 384 g/mol. The number of nitrogens with zero attached hydrogens (tertiary/aromatic N) is 1. The molecule has 2 aliphatic rings. The summed E-state index contributed by atoms with van der Waals surface area (Å²) >= 11 is 0. The maximum atomic E-state index is 13.5. The standard InChI is InChI=1S/C19H23F3N2O3/c1-5-26-23-17-16(24-10-6-7-14(24)25)15-11(2)12(19(20,21)22)8-9-13(15)27-18(17,3)4/h8-9,23H,5-7,10H2,1-4H3. The van der Waals surface area contributed by atoms with Crippen LogP contribution in [0.2, 0.25) is 0 Å². The van der Waals surface area contributed by atoms with Gasteiger partial charge >= 0.3 is 6.18 Å². The first-order valence-corrected chi connectivity index (χ1v) is 8.91. The Morgan fingerprint density at radius 3 is 2.59 bits per heavy atom. The first kappa shape index (κ1) is 19.5. The number of alkyl halides is 3. The molecule has 5 nitrogen and oxygen atoms in total. The number of halogens is 3. The maximum absolute atomic E-state index is 13.5. The second-order valence-corrected chi connectivity index (χ2v) is 7.13. The summed E-state index contributed by atoms with van der Waals surface area (Å²) in [7, 11) is 0. The normalized spacial score (nSPS) is 19.2. The molecule has 0 saturated carbocycles. The van der Waals surface area contributed by atoms with Gasteiger partial charge in [0.15, 0.2) is 0 Å². The molecule has 0 unspecified atom stereocenters. The van der Waals surface area contributed by atoms with E-state index in [0.29, 0.717) is 43.1 Å². The second-order valence-electron chi connectivity index (χ2n) is 7.13. The lowest BCUT2D eigenvalue weighted by Crippen LogP contribution is -2.44. The number of hydrogen-bond donors (Lipinski definition) is 1. The number of benzene rings is 1. The van der Waals surface area contributed by atoms with Crippen LogP contribution in [0.5, 0.6) is 5.75 Å². The zero-order chi connectivity index (χ0) is 20.0. The van der Waals surface area contributed by atoms with E-state index in [4.69, 9.17) is 9.57 Å². The van der Waals surface area contributed by atoms with Crippen LogP contribution < -0.4 is 10.2 Å². The summed E-state index contributed by atoms with van der Waals surface area (Å²) in [6.07, 6.45) is -3.49. The van der Waals surface area contributed by atoms with Crippen molar-refractivity contribution < 1.29 is 27.5 Å². The SMILES string of the molecule is CCONC1=C(N2CCCC2=O)c2c(ccc(C(F)(F)F)c2C)OC1(C)C. The van der Waals surface area contributed by atoms with Crippen LogP contribution in [0, 0.1) is 6.92 Å². The lowest BCUT2D eigenvalue weighted by molar-refractivity contribution is -0.138. The summed E-state index contributed by atoms with van der Waals surface area (Å²) in [5.74, 6) is 0.198. The maximum Gasteiger partial charge on any atom is 0.416 e. The van der Waals surface area contributed by atoms with E-state index in [-0.39, 0.29) is 17.0 Å². The topological polar surface area (TPSA) is 50.8 Å². The van der Waals surface area contributed by atoms with Gasteiger partial charge in [0, 0.05) is 18.5 Å². The molecule has 0 atom stereocenters. The highest BCUT2D eigenvalue weighted by atomic mass is 19.4. The molecule has 8 heteroatoms. The molecule has 1 N–H and O–H groups in total. The van der Waals surface area contributed by atoms with Gasteiger partial charge in [-0.1, -0.05) is 0 Å². The molecule has 0 aliphatic carbocycles. The van der Waals surface area contributed by atoms with Crippen molar-refractivity contribution in [3.05, 3.63) is 34.5 Å². The van der Waals surface area contributed by atoms with Crippen molar-refractivity contribution in [1.82, 2.24) is 10.4 Å². The number of fused-ring (bicyclic) bond motifs is 1. The minimum absolute atomic E-state index is 0.0287. The quantitative estimate of drug-likeness (QED) is 0.797. The molecule has 1 aromatic carbocycles. The summed E-state index contributed by atoms with van der Waals surface area (Å²) in [5.41, 5.74) is 2.31. The molecular weight excluding hydrogens is 361 g/mol. The zero-order valence-corrected chi connectivity index (χ0v) is 15.8. The third-order valence-corrected chi connectivity index (χ3v) is 4.83. The third-order valence-electron chi connectivity index (χ3n) is 4.83. The summed E-state index contributed by atoms with van der Waals surface area (Å²) < 4.78 is 46.4. The van der Waals surface area contributed by atoms with Gasteiger partial charge in [-0.15, -0.1) is 0 Å². The third kappa shape index (κ3) is 3.38. The van der Waals surface area contributed by atoms with Crippen molar-refractivity contribution in [3.63, 3.8) is 0 Å². The Morgan fingerprint density at radius 1 is 1.33 bits per heavy atom. The highest BCUT2D eigenvalue weighted by Gasteiger charge is 2.43. The van der Waals surface area contributed by atoms with Gasteiger partial charge in [-0.2, -0.15) is 13.2 Å². The summed E-state index contributed by atoms with van der Waals surface area (Å²) in [5, 5.41) is 0. The van der Waals surface area contributed by atoms with Gasteiger partial charge < -0.3 is 9.64 Å². The number of hydrogen-bond acceptors (Lipinski definition) is 4. The number of carbonyl (C=O) groups is 1. The molecule has 1 amide bonds. The number of ether oxygens (including phenoxy) is 1. The van der Waals surface area contributed by atoms with Crippen molar-refractivity contribution in [2.24, 2.45) is 0 Å².